The molecule has 0 saturated heterocycles. The molecule has 25 heavy (non-hydrogen) atoms. The van der Waals surface area contributed by atoms with Crippen LogP contribution in [0.4, 0.5) is 5.69 Å². The Bertz CT molecular complexity index is 991. The van der Waals surface area contributed by atoms with Gasteiger partial charge >= 0.3 is 0 Å². The van der Waals surface area contributed by atoms with Gasteiger partial charge in [0.1, 0.15) is 11.4 Å². The highest BCUT2D eigenvalue weighted by atomic mass is 16.5. The van der Waals surface area contributed by atoms with E-state index in [-0.39, 0.29) is 11.8 Å². The lowest BCUT2D eigenvalue weighted by atomic mass is 10.00. The third kappa shape index (κ3) is 2.82. The molecule has 2 amide bonds. The number of aromatic amines is 1. The fourth-order valence-corrected chi connectivity index (χ4v) is 3.04. The number of rotatable bonds is 3. The van der Waals surface area contributed by atoms with Crippen molar-refractivity contribution in [2.24, 2.45) is 0 Å². The van der Waals surface area contributed by atoms with Crippen molar-refractivity contribution in [2.45, 2.75) is 6.42 Å². The van der Waals surface area contributed by atoms with Gasteiger partial charge in [-0.05, 0) is 42.3 Å². The SMILES string of the molecule is COc1ccc2cc(C(=O)Nc3ccc4c(c3)C(=O)NCC4)[nH]c2c1. The molecule has 0 aliphatic carbocycles. The Balaban J connectivity index is 1.59. The van der Waals surface area contributed by atoms with Gasteiger partial charge in [-0.15, -0.1) is 0 Å². The lowest BCUT2D eigenvalue weighted by Gasteiger charge is -2.17. The molecular weight excluding hydrogens is 318 g/mol. The number of anilines is 1. The molecule has 3 aromatic rings. The molecule has 3 N–H and O–H groups in total. The molecule has 6 nitrogen and oxygen atoms in total. The van der Waals surface area contributed by atoms with Gasteiger partial charge in [0.05, 0.1) is 7.11 Å². The Morgan fingerprint density at radius 1 is 1.16 bits per heavy atom. The zero-order chi connectivity index (χ0) is 17.4. The van der Waals surface area contributed by atoms with Crippen LogP contribution in [0.1, 0.15) is 26.4 Å². The van der Waals surface area contributed by atoms with Crippen LogP contribution in [-0.2, 0) is 6.42 Å². The summed E-state index contributed by atoms with van der Waals surface area (Å²) < 4.78 is 5.19. The van der Waals surface area contributed by atoms with E-state index in [9.17, 15) is 9.59 Å². The normalized spacial score (nSPS) is 13.2. The van der Waals surface area contributed by atoms with E-state index >= 15 is 0 Å². The molecule has 4 rings (SSSR count). The van der Waals surface area contributed by atoms with Crippen LogP contribution >= 0.6 is 0 Å². The maximum atomic E-state index is 12.5. The second-order valence-electron chi connectivity index (χ2n) is 5.97. The van der Waals surface area contributed by atoms with Crippen molar-refractivity contribution < 1.29 is 14.3 Å². The quantitative estimate of drug-likeness (QED) is 0.688. The average molecular weight is 335 g/mol. The summed E-state index contributed by atoms with van der Waals surface area (Å²) >= 11 is 0. The van der Waals surface area contributed by atoms with Gasteiger partial charge in [-0.25, -0.2) is 0 Å². The van der Waals surface area contributed by atoms with Crippen molar-refractivity contribution in [1.29, 1.82) is 0 Å². The van der Waals surface area contributed by atoms with Crippen LogP contribution in [0.2, 0.25) is 0 Å². The number of aromatic nitrogens is 1. The smallest absolute Gasteiger partial charge is 0.272 e. The summed E-state index contributed by atoms with van der Waals surface area (Å²) in [5.41, 5.74) is 3.49. The predicted octanol–water partition coefficient (Wildman–Crippen LogP) is 2.71. The van der Waals surface area contributed by atoms with E-state index in [1.54, 1.807) is 19.2 Å². The molecule has 0 unspecified atom stereocenters. The molecule has 0 fully saturated rings. The first-order valence-corrected chi connectivity index (χ1v) is 8.03. The van der Waals surface area contributed by atoms with Crippen LogP contribution in [0.3, 0.4) is 0 Å². The largest absolute Gasteiger partial charge is 0.497 e. The number of carbonyl (C=O) groups is 2. The predicted molar refractivity (Wildman–Crippen MR) is 95.3 cm³/mol. The zero-order valence-electron chi connectivity index (χ0n) is 13.7. The van der Waals surface area contributed by atoms with Crippen molar-refractivity contribution in [3.8, 4) is 5.75 Å². The molecule has 0 saturated carbocycles. The molecule has 2 heterocycles. The molecule has 0 bridgehead atoms. The van der Waals surface area contributed by atoms with Gasteiger partial charge in [0.2, 0.25) is 0 Å². The summed E-state index contributed by atoms with van der Waals surface area (Å²) in [6.07, 6.45) is 0.805. The van der Waals surface area contributed by atoms with E-state index in [0.717, 1.165) is 28.6 Å². The molecule has 0 radical (unpaired) electrons. The number of nitrogens with one attached hydrogen (secondary N) is 3. The Kier molecular flexibility index (Phi) is 3.65. The minimum atomic E-state index is -0.258. The standard InChI is InChI=1S/C19H17N3O3/c1-25-14-5-3-12-8-17(22-16(12)10-14)19(24)21-13-4-2-11-6-7-20-18(23)15(11)9-13/h2-5,8-10,22H,6-7H2,1H3,(H,20,23)(H,21,24). The van der Waals surface area contributed by atoms with Crippen molar-refractivity contribution in [3.63, 3.8) is 0 Å². The number of hydrogen-bond donors (Lipinski definition) is 3. The van der Waals surface area contributed by atoms with Crippen molar-refractivity contribution in [2.75, 3.05) is 19.0 Å². The van der Waals surface area contributed by atoms with Gasteiger partial charge < -0.3 is 20.4 Å². The number of H-pyrrole nitrogens is 1. The van der Waals surface area contributed by atoms with Crippen LogP contribution < -0.4 is 15.4 Å². The Morgan fingerprint density at radius 2 is 2.04 bits per heavy atom. The number of carbonyl (C=O) groups excluding carboxylic acids is 2. The first-order chi connectivity index (χ1) is 12.1. The molecule has 1 aliphatic rings. The molecule has 1 aliphatic heterocycles. The van der Waals surface area contributed by atoms with Gasteiger partial charge in [-0.3, -0.25) is 9.59 Å². The Morgan fingerprint density at radius 3 is 2.88 bits per heavy atom. The van der Waals surface area contributed by atoms with E-state index in [4.69, 9.17) is 4.74 Å². The topological polar surface area (TPSA) is 83.2 Å². The van der Waals surface area contributed by atoms with Crippen LogP contribution in [-0.4, -0.2) is 30.5 Å². The van der Waals surface area contributed by atoms with Crippen molar-refractivity contribution in [1.82, 2.24) is 10.3 Å². The van der Waals surface area contributed by atoms with Crippen molar-refractivity contribution >= 4 is 28.4 Å². The fourth-order valence-electron chi connectivity index (χ4n) is 3.04. The highest BCUT2D eigenvalue weighted by molar-refractivity contribution is 6.07. The van der Waals surface area contributed by atoms with Crippen LogP contribution in [0.25, 0.3) is 10.9 Å². The summed E-state index contributed by atoms with van der Waals surface area (Å²) in [6.45, 7) is 0.649. The van der Waals surface area contributed by atoms with Gasteiger partial charge in [0, 0.05) is 34.8 Å². The zero-order valence-corrected chi connectivity index (χ0v) is 13.7. The summed E-state index contributed by atoms with van der Waals surface area (Å²) in [7, 11) is 1.60. The molecule has 0 atom stereocenters. The van der Waals surface area contributed by atoms with Gasteiger partial charge in [0.25, 0.3) is 11.8 Å². The highest BCUT2D eigenvalue weighted by Crippen LogP contribution is 2.23. The van der Waals surface area contributed by atoms with E-state index in [0.29, 0.717) is 23.5 Å². The third-order valence-corrected chi connectivity index (χ3v) is 4.37. The summed E-state index contributed by atoms with van der Waals surface area (Å²) in [5, 5.41) is 6.57. The van der Waals surface area contributed by atoms with E-state index in [1.807, 2.05) is 30.3 Å². The lowest BCUT2D eigenvalue weighted by Crippen LogP contribution is -2.31. The maximum Gasteiger partial charge on any atom is 0.272 e. The summed E-state index contributed by atoms with van der Waals surface area (Å²) in [4.78, 5) is 27.5. The molecule has 2 aromatic carbocycles. The van der Waals surface area contributed by atoms with Gasteiger partial charge in [0.15, 0.2) is 0 Å². The molecular formula is C19H17N3O3. The second kappa shape index (κ2) is 5.98. The Labute approximate surface area is 144 Å². The molecule has 6 heteroatoms. The average Bonchev–Trinajstić information content (AvgIpc) is 3.05. The third-order valence-electron chi connectivity index (χ3n) is 4.37. The van der Waals surface area contributed by atoms with Crippen molar-refractivity contribution in [3.05, 3.63) is 59.3 Å². The summed E-state index contributed by atoms with van der Waals surface area (Å²) in [6, 6.07) is 12.8. The monoisotopic (exact) mass is 335 g/mol. The molecule has 126 valence electrons. The van der Waals surface area contributed by atoms with E-state index in [2.05, 4.69) is 15.6 Å². The fraction of sp³-hybridized carbons (Fsp3) is 0.158. The summed E-state index contributed by atoms with van der Waals surface area (Å²) in [5.74, 6) is 0.364. The first-order valence-electron chi connectivity index (χ1n) is 8.03. The molecule has 0 spiro atoms. The highest BCUT2D eigenvalue weighted by Gasteiger charge is 2.18. The van der Waals surface area contributed by atoms with Crippen LogP contribution in [0.5, 0.6) is 5.75 Å². The number of amides is 2. The van der Waals surface area contributed by atoms with Crippen LogP contribution in [0, 0.1) is 0 Å². The maximum absolute atomic E-state index is 12.5. The second-order valence-corrected chi connectivity index (χ2v) is 5.97. The number of methoxy groups -OCH3 is 1. The number of ether oxygens (including phenoxy) is 1. The number of benzene rings is 2. The minimum Gasteiger partial charge on any atom is -0.497 e. The van der Waals surface area contributed by atoms with E-state index in [1.165, 1.54) is 0 Å². The minimum absolute atomic E-state index is 0.102. The Hall–Kier alpha value is -3.28. The van der Waals surface area contributed by atoms with Gasteiger partial charge in [-0.2, -0.15) is 0 Å². The first kappa shape index (κ1) is 15.3. The van der Waals surface area contributed by atoms with Crippen LogP contribution in [0.15, 0.2) is 42.5 Å². The number of fused-ring (bicyclic) bond motifs is 2. The number of hydrogen-bond acceptors (Lipinski definition) is 3. The van der Waals surface area contributed by atoms with E-state index < -0.39 is 0 Å². The lowest BCUT2D eigenvalue weighted by molar-refractivity contribution is 0.0944. The van der Waals surface area contributed by atoms with Gasteiger partial charge in [-0.1, -0.05) is 6.07 Å². The molecule has 1 aromatic heterocycles.